The third-order valence-electron chi connectivity index (χ3n) is 4.54. The Balaban J connectivity index is 1.57. The SMILES string of the molecule is O=C(Cn1ncc2c(c1=O)N(CC1CC1)C(=O)CS2)Nc1ccc(Cl)cc1F. The summed E-state index contributed by atoms with van der Waals surface area (Å²) in [5, 5.41) is 6.64. The first-order chi connectivity index (χ1) is 13.4. The highest BCUT2D eigenvalue weighted by Crippen LogP contribution is 2.36. The van der Waals surface area contributed by atoms with Gasteiger partial charge in [-0.1, -0.05) is 11.6 Å². The fourth-order valence-electron chi connectivity index (χ4n) is 2.94. The van der Waals surface area contributed by atoms with E-state index in [1.807, 2.05) is 0 Å². The molecule has 146 valence electrons. The summed E-state index contributed by atoms with van der Waals surface area (Å²) in [6, 6.07) is 3.87. The molecule has 28 heavy (non-hydrogen) atoms. The molecule has 2 heterocycles. The van der Waals surface area contributed by atoms with Crippen LogP contribution in [0.2, 0.25) is 5.02 Å². The third kappa shape index (κ3) is 3.90. The van der Waals surface area contributed by atoms with Gasteiger partial charge in [-0.05, 0) is 37.0 Å². The zero-order valence-corrected chi connectivity index (χ0v) is 16.2. The third-order valence-corrected chi connectivity index (χ3v) is 5.78. The first-order valence-corrected chi connectivity index (χ1v) is 10.1. The second kappa shape index (κ2) is 7.56. The van der Waals surface area contributed by atoms with Crippen LogP contribution in [0.25, 0.3) is 0 Å². The van der Waals surface area contributed by atoms with E-state index in [1.165, 1.54) is 35.0 Å². The fourth-order valence-corrected chi connectivity index (χ4v) is 3.99. The molecule has 1 fully saturated rings. The minimum absolute atomic E-state index is 0.0403. The minimum Gasteiger partial charge on any atom is -0.322 e. The number of halogens is 2. The standard InChI is InChI=1S/C18H16ClFN4O3S/c19-11-3-4-13(12(20)5-11)22-15(25)8-24-18(27)17-14(6-21-24)28-9-16(26)23(17)7-10-1-2-10/h3-6,10H,1-2,7-9H2,(H,22,25). The highest BCUT2D eigenvalue weighted by Gasteiger charge is 2.34. The van der Waals surface area contributed by atoms with E-state index in [0.29, 0.717) is 17.4 Å². The molecule has 0 unspecified atom stereocenters. The van der Waals surface area contributed by atoms with E-state index in [2.05, 4.69) is 10.4 Å². The summed E-state index contributed by atoms with van der Waals surface area (Å²) in [6.45, 7) is 0.109. The summed E-state index contributed by atoms with van der Waals surface area (Å²) in [4.78, 5) is 39.6. The zero-order chi connectivity index (χ0) is 19.8. The maximum Gasteiger partial charge on any atom is 0.292 e. The Labute approximate surface area is 168 Å². The topological polar surface area (TPSA) is 84.3 Å². The summed E-state index contributed by atoms with van der Waals surface area (Å²) in [5.74, 6) is -0.728. The van der Waals surface area contributed by atoms with Gasteiger partial charge in [0.1, 0.15) is 18.0 Å². The number of nitrogens with one attached hydrogen (secondary N) is 1. The van der Waals surface area contributed by atoms with E-state index in [-0.39, 0.29) is 28.1 Å². The Bertz CT molecular complexity index is 1020. The van der Waals surface area contributed by atoms with E-state index in [1.54, 1.807) is 0 Å². The van der Waals surface area contributed by atoms with Gasteiger partial charge in [-0.2, -0.15) is 5.10 Å². The normalized spacial score (nSPS) is 16.1. The predicted molar refractivity (Wildman–Crippen MR) is 104 cm³/mol. The first-order valence-electron chi connectivity index (χ1n) is 8.70. The van der Waals surface area contributed by atoms with Crippen molar-refractivity contribution < 1.29 is 14.0 Å². The first kappa shape index (κ1) is 18.9. The quantitative estimate of drug-likeness (QED) is 0.800. The lowest BCUT2D eigenvalue weighted by molar-refractivity contribution is -0.117. The zero-order valence-electron chi connectivity index (χ0n) is 14.7. The molecule has 2 aliphatic rings. The van der Waals surface area contributed by atoms with Crippen molar-refractivity contribution in [2.45, 2.75) is 24.3 Å². The molecule has 0 radical (unpaired) electrons. The number of amides is 2. The van der Waals surface area contributed by atoms with Crippen molar-refractivity contribution >= 4 is 46.6 Å². The Morgan fingerprint density at radius 2 is 2.14 bits per heavy atom. The maximum absolute atomic E-state index is 13.8. The van der Waals surface area contributed by atoms with E-state index >= 15 is 0 Å². The molecule has 0 spiro atoms. The lowest BCUT2D eigenvalue weighted by Gasteiger charge is -2.28. The number of thioether (sulfide) groups is 1. The number of anilines is 2. The number of carbonyl (C=O) groups excluding carboxylic acids is 2. The molecule has 0 saturated heterocycles. The smallest absolute Gasteiger partial charge is 0.292 e. The molecule has 7 nitrogen and oxygen atoms in total. The van der Waals surface area contributed by atoms with Gasteiger partial charge in [-0.25, -0.2) is 9.07 Å². The average Bonchev–Trinajstić information content (AvgIpc) is 3.46. The van der Waals surface area contributed by atoms with Crippen molar-refractivity contribution in [1.82, 2.24) is 9.78 Å². The van der Waals surface area contributed by atoms with Crippen LogP contribution in [-0.4, -0.2) is 33.9 Å². The van der Waals surface area contributed by atoms with E-state index in [0.717, 1.165) is 23.6 Å². The maximum atomic E-state index is 13.8. The van der Waals surface area contributed by atoms with Crippen molar-refractivity contribution in [3.8, 4) is 0 Å². The summed E-state index contributed by atoms with van der Waals surface area (Å²) in [7, 11) is 0. The lowest BCUT2D eigenvalue weighted by atomic mass is 10.3. The molecule has 10 heteroatoms. The molecule has 1 aliphatic heterocycles. The van der Waals surface area contributed by atoms with Gasteiger partial charge in [0.25, 0.3) is 5.56 Å². The number of benzene rings is 1. The molecule has 2 amide bonds. The summed E-state index contributed by atoms with van der Waals surface area (Å²) < 4.78 is 14.8. The Morgan fingerprint density at radius 3 is 2.86 bits per heavy atom. The number of hydrogen-bond acceptors (Lipinski definition) is 5. The van der Waals surface area contributed by atoms with Crippen molar-refractivity contribution in [2.75, 3.05) is 22.5 Å². The summed E-state index contributed by atoms with van der Waals surface area (Å²) in [6.07, 6.45) is 3.57. The number of fused-ring (bicyclic) bond motifs is 1. The van der Waals surface area contributed by atoms with Gasteiger partial charge in [0.2, 0.25) is 11.8 Å². The van der Waals surface area contributed by atoms with Crippen molar-refractivity contribution in [3.63, 3.8) is 0 Å². The van der Waals surface area contributed by atoms with Crippen LogP contribution >= 0.6 is 23.4 Å². The van der Waals surface area contributed by atoms with Crippen LogP contribution in [0.15, 0.2) is 34.1 Å². The lowest BCUT2D eigenvalue weighted by Crippen LogP contribution is -2.43. The molecule has 0 atom stereocenters. The van der Waals surface area contributed by atoms with Crippen LogP contribution in [0.3, 0.4) is 0 Å². The Kier molecular flexibility index (Phi) is 5.11. The highest BCUT2D eigenvalue weighted by atomic mass is 35.5. The van der Waals surface area contributed by atoms with Gasteiger partial charge in [0.15, 0.2) is 0 Å². The molecular weight excluding hydrogens is 407 g/mol. The molecule has 1 saturated carbocycles. The van der Waals surface area contributed by atoms with Crippen molar-refractivity contribution in [2.24, 2.45) is 5.92 Å². The molecule has 1 aromatic heterocycles. The van der Waals surface area contributed by atoms with Crippen molar-refractivity contribution in [1.29, 1.82) is 0 Å². The molecular formula is C18H16ClFN4O3S. The predicted octanol–water partition coefficient (Wildman–Crippen LogP) is 2.52. The molecule has 1 N–H and O–H groups in total. The van der Waals surface area contributed by atoms with Gasteiger partial charge < -0.3 is 10.2 Å². The van der Waals surface area contributed by atoms with Gasteiger partial charge in [-0.3, -0.25) is 14.4 Å². The number of aromatic nitrogens is 2. The van der Waals surface area contributed by atoms with Crippen LogP contribution in [0.1, 0.15) is 12.8 Å². The number of carbonyl (C=O) groups is 2. The molecule has 0 bridgehead atoms. The van der Waals surface area contributed by atoms with Crippen LogP contribution in [0.5, 0.6) is 0 Å². The average molecular weight is 423 g/mol. The van der Waals surface area contributed by atoms with Gasteiger partial charge in [0.05, 0.1) is 22.5 Å². The number of rotatable bonds is 5. The van der Waals surface area contributed by atoms with Gasteiger partial charge in [-0.15, -0.1) is 11.8 Å². The molecule has 2 aromatic rings. The molecule has 4 rings (SSSR count). The fraction of sp³-hybridized carbons (Fsp3) is 0.333. The van der Waals surface area contributed by atoms with E-state index in [4.69, 9.17) is 11.6 Å². The van der Waals surface area contributed by atoms with E-state index in [9.17, 15) is 18.8 Å². The Morgan fingerprint density at radius 1 is 1.36 bits per heavy atom. The highest BCUT2D eigenvalue weighted by molar-refractivity contribution is 8.00. The molecule has 1 aliphatic carbocycles. The van der Waals surface area contributed by atoms with Crippen LogP contribution in [-0.2, 0) is 16.1 Å². The second-order valence-corrected chi connectivity index (χ2v) is 8.18. The largest absolute Gasteiger partial charge is 0.322 e. The number of hydrogen-bond donors (Lipinski definition) is 1. The monoisotopic (exact) mass is 422 g/mol. The van der Waals surface area contributed by atoms with Crippen molar-refractivity contribution in [3.05, 3.63) is 45.6 Å². The number of nitrogens with zero attached hydrogens (tertiary/aromatic N) is 3. The summed E-state index contributed by atoms with van der Waals surface area (Å²) in [5.41, 5.74) is -0.277. The van der Waals surface area contributed by atoms with Crippen LogP contribution in [0, 0.1) is 11.7 Å². The van der Waals surface area contributed by atoms with Gasteiger partial charge in [0, 0.05) is 11.6 Å². The second-order valence-electron chi connectivity index (χ2n) is 6.73. The van der Waals surface area contributed by atoms with Crippen LogP contribution < -0.4 is 15.8 Å². The van der Waals surface area contributed by atoms with Gasteiger partial charge >= 0.3 is 0 Å². The van der Waals surface area contributed by atoms with E-state index < -0.39 is 23.8 Å². The Hall–Kier alpha value is -2.39. The minimum atomic E-state index is -0.677. The molecule has 1 aromatic carbocycles. The van der Waals surface area contributed by atoms with Crippen LogP contribution in [0.4, 0.5) is 15.8 Å². The summed E-state index contributed by atoms with van der Waals surface area (Å²) >= 11 is 6.96.